The van der Waals surface area contributed by atoms with Gasteiger partial charge in [0.05, 0.1) is 5.38 Å². The smallest absolute Gasteiger partial charge is 0.240 e. The number of nitrogens with zero attached hydrogens (tertiary/aromatic N) is 3. The summed E-state index contributed by atoms with van der Waals surface area (Å²) in [6.07, 6.45) is 1.72. The molecule has 1 N–H and O–H groups in total. The monoisotopic (exact) mass is 280 g/mol. The minimum atomic E-state index is -0.275. The van der Waals surface area contributed by atoms with Gasteiger partial charge in [0.25, 0.3) is 0 Å². The molecular formula is C13H17ClN4O. The van der Waals surface area contributed by atoms with E-state index >= 15 is 0 Å². The number of aryl methyl sites for hydroxylation is 1. The Labute approximate surface area is 117 Å². The van der Waals surface area contributed by atoms with Gasteiger partial charge < -0.3 is 9.88 Å². The molecule has 0 aliphatic rings. The molecule has 0 aromatic carbocycles. The topological polar surface area (TPSA) is 59.8 Å². The molecule has 5 nitrogen and oxygen atoms in total. The lowest BCUT2D eigenvalue weighted by Gasteiger charge is -2.09. The average molecular weight is 281 g/mol. The number of rotatable bonds is 4. The molecule has 0 radical (unpaired) electrons. The van der Waals surface area contributed by atoms with E-state index in [1.54, 1.807) is 10.8 Å². The molecule has 0 spiro atoms. The van der Waals surface area contributed by atoms with Crippen molar-refractivity contribution in [2.45, 2.75) is 32.7 Å². The molecule has 1 amide bonds. The number of hydrogen-bond acceptors (Lipinski definition) is 3. The van der Waals surface area contributed by atoms with Crippen LogP contribution in [0.25, 0.3) is 11.2 Å². The third kappa shape index (κ3) is 2.71. The van der Waals surface area contributed by atoms with Crippen LogP contribution in [0.2, 0.25) is 0 Å². The maximum atomic E-state index is 11.8. The zero-order valence-corrected chi connectivity index (χ0v) is 12.0. The lowest BCUT2D eigenvalue weighted by molar-refractivity contribution is -0.121. The van der Waals surface area contributed by atoms with E-state index in [2.05, 4.69) is 15.3 Å². The molecule has 2 heterocycles. The van der Waals surface area contributed by atoms with Crippen molar-refractivity contribution in [3.63, 3.8) is 0 Å². The summed E-state index contributed by atoms with van der Waals surface area (Å²) in [6, 6.07) is 1.90. The molecule has 2 aromatic rings. The van der Waals surface area contributed by atoms with Gasteiger partial charge in [-0.25, -0.2) is 9.97 Å². The van der Waals surface area contributed by atoms with Gasteiger partial charge in [-0.1, -0.05) is 0 Å². The van der Waals surface area contributed by atoms with Gasteiger partial charge in [-0.2, -0.15) is 0 Å². The summed E-state index contributed by atoms with van der Waals surface area (Å²) in [4.78, 5) is 20.6. The molecule has 2 rings (SSSR count). The van der Waals surface area contributed by atoms with Gasteiger partial charge in [0.1, 0.15) is 17.9 Å². The van der Waals surface area contributed by atoms with Crippen LogP contribution >= 0.6 is 11.6 Å². The van der Waals surface area contributed by atoms with Crippen LogP contribution in [-0.4, -0.2) is 27.0 Å². The Balaban J connectivity index is 2.52. The van der Waals surface area contributed by atoms with E-state index < -0.39 is 0 Å². The predicted molar refractivity (Wildman–Crippen MR) is 75.2 cm³/mol. The van der Waals surface area contributed by atoms with Crippen LogP contribution < -0.4 is 5.32 Å². The first-order valence-corrected chi connectivity index (χ1v) is 6.70. The quantitative estimate of drug-likeness (QED) is 0.873. The summed E-state index contributed by atoms with van der Waals surface area (Å²) in [6.45, 7) is 6.48. The van der Waals surface area contributed by atoms with E-state index in [0.29, 0.717) is 18.0 Å². The second kappa shape index (κ2) is 5.57. The number of imidazole rings is 1. The SMILES string of the molecule is CCNC(=O)Cn1c(C(C)Cl)nc2c(C)ccnc21. The highest BCUT2D eigenvalue weighted by molar-refractivity contribution is 6.20. The van der Waals surface area contributed by atoms with Crippen molar-refractivity contribution in [1.29, 1.82) is 0 Å². The minimum absolute atomic E-state index is 0.0660. The van der Waals surface area contributed by atoms with E-state index in [9.17, 15) is 4.79 Å². The second-order valence-corrected chi connectivity index (χ2v) is 5.08. The Kier molecular flexibility index (Phi) is 4.04. The van der Waals surface area contributed by atoms with Crippen molar-refractivity contribution in [2.75, 3.05) is 6.54 Å². The number of pyridine rings is 1. The van der Waals surface area contributed by atoms with Gasteiger partial charge in [0.2, 0.25) is 5.91 Å². The summed E-state index contributed by atoms with van der Waals surface area (Å²) in [5, 5.41) is 2.50. The number of carbonyl (C=O) groups is 1. The van der Waals surface area contributed by atoms with Crippen molar-refractivity contribution >= 4 is 28.7 Å². The van der Waals surface area contributed by atoms with Gasteiger partial charge in [0, 0.05) is 12.7 Å². The highest BCUT2D eigenvalue weighted by Gasteiger charge is 2.18. The Morgan fingerprint density at radius 2 is 2.32 bits per heavy atom. The number of halogens is 1. The number of carbonyl (C=O) groups excluding carboxylic acids is 1. The fraction of sp³-hybridized carbons (Fsp3) is 0.462. The first-order chi connectivity index (χ1) is 9.04. The number of fused-ring (bicyclic) bond motifs is 1. The fourth-order valence-electron chi connectivity index (χ4n) is 2.01. The number of aromatic nitrogens is 3. The minimum Gasteiger partial charge on any atom is -0.355 e. The van der Waals surface area contributed by atoms with E-state index in [-0.39, 0.29) is 17.8 Å². The molecule has 19 heavy (non-hydrogen) atoms. The number of likely N-dealkylation sites (N-methyl/N-ethyl adjacent to an activating group) is 1. The summed E-state index contributed by atoms with van der Waals surface area (Å²) in [5.74, 6) is 0.605. The second-order valence-electron chi connectivity index (χ2n) is 4.43. The van der Waals surface area contributed by atoms with Crippen molar-refractivity contribution in [3.05, 3.63) is 23.7 Å². The first kappa shape index (κ1) is 13.8. The Hall–Kier alpha value is -1.62. The zero-order chi connectivity index (χ0) is 14.0. The molecule has 2 aromatic heterocycles. The van der Waals surface area contributed by atoms with E-state index in [4.69, 9.17) is 11.6 Å². The fourth-order valence-corrected chi connectivity index (χ4v) is 2.18. The van der Waals surface area contributed by atoms with Crippen LogP contribution in [0.3, 0.4) is 0 Å². The largest absolute Gasteiger partial charge is 0.355 e. The molecular weight excluding hydrogens is 264 g/mol. The average Bonchev–Trinajstić information content (AvgIpc) is 2.70. The van der Waals surface area contributed by atoms with E-state index in [0.717, 1.165) is 11.1 Å². The molecule has 0 fully saturated rings. The lowest BCUT2D eigenvalue weighted by atomic mass is 10.3. The Bertz CT molecular complexity index is 606. The lowest BCUT2D eigenvalue weighted by Crippen LogP contribution is -2.28. The number of hydrogen-bond donors (Lipinski definition) is 1. The number of nitrogens with one attached hydrogen (secondary N) is 1. The van der Waals surface area contributed by atoms with Gasteiger partial charge in [-0.05, 0) is 32.4 Å². The highest BCUT2D eigenvalue weighted by atomic mass is 35.5. The molecule has 1 unspecified atom stereocenters. The van der Waals surface area contributed by atoms with Gasteiger partial charge >= 0.3 is 0 Å². The van der Waals surface area contributed by atoms with Crippen LogP contribution in [0.15, 0.2) is 12.3 Å². The van der Waals surface area contributed by atoms with Crippen molar-refractivity contribution in [3.8, 4) is 0 Å². The number of amides is 1. The van der Waals surface area contributed by atoms with Gasteiger partial charge in [-0.15, -0.1) is 11.6 Å². The number of alkyl halides is 1. The molecule has 0 aliphatic carbocycles. The maximum absolute atomic E-state index is 11.8. The van der Waals surface area contributed by atoms with Crippen LogP contribution in [0.4, 0.5) is 0 Å². The van der Waals surface area contributed by atoms with Crippen LogP contribution in [0, 0.1) is 6.92 Å². The zero-order valence-electron chi connectivity index (χ0n) is 11.3. The summed E-state index contributed by atoms with van der Waals surface area (Å²) >= 11 is 6.15. The molecule has 0 bridgehead atoms. The first-order valence-electron chi connectivity index (χ1n) is 6.27. The highest BCUT2D eigenvalue weighted by Crippen LogP contribution is 2.24. The molecule has 1 atom stereocenters. The summed E-state index contributed by atoms with van der Waals surface area (Å²) in [7, 11) is 0. The predicted octanol–water partition coefficient (Wildman–Crippen LogP) is 2.18. The summed E-state index contributed by atoms with van der Waals surface area (Å²) in [5.41, 5.74) is 2.53. The molecule has 102 valence electrons. The molecule has 0 aliphatic heterocycles. The van der Waals surface area contributed by atoms with Crippen molar-refractivity contribution < 1.29 is 4.79 Å². The van der Waals surface area contributed by atoms with E-state index in [1.165, 1.54) is 0 Å². The summed E-state index contributed by atoms with van der Waals surface area (Å²) < 4.78 is 1.78. The standard InChI is InChI=1S/C13H17ClN4O/c1-4-15-10(19)7-18-12(9(3)14)17-11-8(2)5-6-16-13(11)18/h5-6,9H,4,7H2,1-3H3,(H,15,19). The van der Waals surface area contributed by atoms with Gasteiger partial charge in [0.15, 0.2) is 5.65 Å². The molecule has 6 heteroatoms. The molecule has 0 saturated carbocycles. The Morgan fingerprint density at radius 1 is 1.58 bits per heavy atom. The van der Waals surface area contributed by atoms with Gasteiger partial charge in [-0.3, -0.25) is 4.79 Å². The van der Waals surface area contributed by atoms with Crippen LogP contribution in [0.5, 0.6) is 0 Å². The maximum Gasteiger partial charge on any atom is 0.240 e. The molecule has 0 saturated heterocycles. The Morgan fingerprint density at radius 3 is 2.95 bits per heavy atom. The normalized spacial score (nSPS) is 12.6. The third-order valence-electron chi connectivity index (χ3n) is 2.90. The van der Waals surface area contributed by atoms with Crippen molar-refractivity contribution in [1.82, 2.24) is 19.9 Å². The third-order valence-corrected chi connectivity index (χ3v) is 3.09. The van der Waals surface area contributed by atoms with Crippen molar-refractivity contribution in [2.24, 2.45) is 0 Å². The van der Waals surface area contributed by atoms with E-state index in [1.807, 2.05) is 26.8 Å². The van der Waals surface area contributed by atoms with Crippen LogP contribution in [-0.2, 0) is 11.3 Å². The van der Waals surface area contributed by atoms with Crippen LogP contribution in [0.1, 0.15) is 30.6 Å².